The summed E-state index contributed by atoms with van der Waals surface area (Å²) in [5, 5.41) is 3.06. The largest absolute Gasteiger partial charge is 0.481 e. The van der Waals surface area contributed by atoms with E-state index in [0.29, 0.717) is 0 Å². The summed E-state index contributed by atoms with van der Waals surface area (Å²) in [6.07, 6.45) is -0.554. The minimum atomic E-state index is -0.554. The Kier molecular flexibility index (Phi) is 6.35. The van der Waals surface area contributed by atoms with E-state index in [1.807, 2.05) is 26.8 Å². The van der Waals surface area contributed by atoms with Gasteiger partial charge in [0.25, 0.3) is 5.91 Å². The van der Waals surface area contributed by atoms with Gasteiger partial charge in [-0.3, -0.25) is 4.79 Å². The minimum absolute atomic E-state index is 0.0714. The Morgan fingerprint density at radius 3 is 2.15 bits per heavy atom. The van der Waals surface area contributed by atoms with Crippen LogP contribution < -0.4 is 10.1 Å². The van der Waals surface area contributed by atoms with Crippen LogP contribution >= 0.6 is 0 Å². The van der Waals surface area contributed by atoms with Gasteiger partial charge in [0.05, 0.1) is 6.04 Å². The number of benzene rings is 2. The molecule has 2 aromatic carbocycles. The van der Waals surface area contributed by atoms with E-state index in [2.05, 4.69) is 63.3 Å². The molecular formula is C24H33NO2. The molecule has 0 fully saturated rings. The average Bonchev–Trinajstić information content (AvgIpc) is 2.58. The molecule has 2 atom stereocenters. The van der Waals surface area contributed by atoms with E-state index in [0.717, 1.165) is 22.4 Å². The Hall–Kier alpha value is -2.29. The van der Waals surface area contributed by atoms with Crippen LogP contribution in [-0.4, -0.2) is 12.0 Å². The Morgan fingerprint density at radius 2 is 1.59 bits per heavy atom. The summed E-state index contributed by atoms with van der Waals surface area (Å²) in [5.74, 6) is 0.665. The summed E-state index contributed by atoms with van der Waals surface area (Å²) in [4.78, 5) is 12.6. The van der Waals surface area contributed by atoms with E-state index < -0.39 is 6.10 Å². The normalized spacial score (nSPS) is 13.8. The molecule has 0 aromatic heterocycles. The van der Waals surface area contributed by atoms with Crippen molar-refractivity contribution in [2.75, 3.05) is 0 Å². The highest BCUT2D eigenvalue weighted by Crippen LogP contribution is 2.25. The van der Waals surface area contributed by atoms with Crippen LogP contribution in [0.25, 0.3) is 0 Å². The highest BCUT2D eigenvalue weighted by Gasteiger charge is 2.20. The first-order valence-electron chi connectivity index (χ1n) is 9.64. The molecular weight excluding hydrogens is 334 g/mol. The third-order valence-corrected chi connectivity index (χ3v) is 5.07. The predicted molar refractivity (Wildman–Crippen MR) is 112 cm³/mol. The van der Waals surface area contributed by atoms with Gasteiger partial charge in [-0.1, -0.05) is 51.1 Å². The van der Waals surface area contributed by atoms with Crippen molar-refractivity contribution < 1.29 is 9.53 Å². The standard InChI is InChI=1S/C24H33NO2/c1-15-13-16(2)17(3)22(14-15)27-19(5)23(26)25-18(4)20-9-11-21(12-10-20)24(6,7)8/h9-14,18-19H,1-8H3,(H,25,26)/t18-,19+/m1/s1. The highest BCUT2D eigenvalue weighted by molar-refractivity contribution is 5.81. The van der Waals surface area contributed by atoms with Crippen LogP contribution in [0.1, 0.15) is 68.5 Å². The molecule has 1 N–H and O–H groups in total. The summed E-state index contributed by atoms with van der Waals surface area (Å²) < 4.78 is 5.96. The summed E-state index contributed by atoms with van der Waals surface area (Å²) >= 11 is 0. The van der Waals surface area contributed by atoms with E-state index in [9.17, 15) is 4.79 Å². The van der Waals surface area contributed by atoms with Gasteiger partial charge >= 0.3 is 0 Å². The van der Waals surface area contributed by atoms with Crippen LogP contribution in [0.3, 0.4) is 0 Å². The molecule has 0 radical (unpaired) electrons. The van der Waals surface area contributed by atoms with E-state index in [-0.39, 0.29) is 17.4 Å². The molecule has 0 unspecified atom stereocenters. The molecule has 3 heteroatoms. The summed E-state index contributed by atoms with van der Waals surface area (Å²) in [7, 11) is 0. The summed E-state index contributed by atoms with van der Waals surface area (Å²) in [5.41, 5.74) is 5.87. The molecule has 0 bridgehead atoms. The van der Waals surface area contributed by atoms with Crippen molar-refractivity contribution in [3.8, 4) is 5.75 Å². The van der Waals surface area contributed by atoms with Crippen molar-refractivity contribution in [2.45, 2.75) is 73.0 Å². The Bertz CT molecular complexity index is 800. The lowest BCUT2D eigenvalue weighted by Crippen LogP contribution is -2.37. The fourth-order valence-electron chi connectivity index (χ4n) is 3.05. The first-order chi connectivity index (χ1) is 12.5. The number of carbonyl (C=O) groups is 1. The molecule has 2 rings (SSSR count). The van der Waals surface area contributed by atoms with Gasteiger partial charge in [0, 0.05) is 0 Å². The van der Waals surface area contributed by atoms with Crippen molar-refractivity contribution in [1.29, 1.82) is 0 Å². The lowest BCUT2D eigenvalue weighted by molar-refractivity contribution is -0.127. The number of ether oxygens (including phenoxy) is 1. The van der Waals surface area contributed by atoms with Crippen LogP contribution in [0, 0.1) is 20.8 Å². The minimum Gasteiger partial charge on any atom is -0.481 e. The van der Waals surface area contributed by atoms with Crippen molar-refractivity contribution in [3.05, 3.63) is 64.2 Å². The van der Waals surface area contributed by atoms with Gasteiger partial charge in [0.2, 0.25) is 0 Å². The first-order valence-corrected chi connectivity index (χ1v) is 9.64. The zero-order valence-corrected chi connectivity index (χ0v) is 17.9. The maximum atomic E-state index is 12.6. The molecule has 0 heterocycles. The lowest BCUT2D eigenvalue weighted by atomic mass is 9.86. The maximum absolute atomic E-state index is 12.6. The molecule has 0 aliphatic heterocycles. The highest BCUT2D eigenvalue weighted by atomic mass is 16.5. The topological polar surface area (TPSA) is 38.3 Å². The molecule has 0 aliphatic rings. The second-order valence-electron chi connectivity index (χ2n) is 8.57. The zero-order valence-electron chi connectivity index (χ0n) is 17.9. The van der Waals surface area contributed by atoms with E-state index in [1.165, 1.54) is 11.1 Å². The van der Waals surface area contributed by atoms with Gasteiger partial charge in [0.1, 0.15) is 5.75 Å². The Labute approximate surface area is 164 Å². The van der Waals surface area contributed by atoms with Gasteiger partial charge in [-0.25, -0.2) is 0 Å². The maximum Gasteiger partial charge on any atom is 0.261 e. The number of nitrogens with one attached hydrogen (secondary N) is 1. The molecule has 0 saturated carbocycles. The third kappa shape index (κ3) is 5.35. The van der Waals surface area contributed by atoms with Crippen LogP contribution in [0.2, 0.25) is 0 Å². The molecule has 0 aliphatic carbocycles. The SMILES string of the molecule is Cc1cc(C)c(C)c(O[C@@H](C)C(=O)N[C@H](C)c2ccc(C(C)(C)C)cc2)c1. The van der Waals surface area contributed by atoms with E-state index in [4.69, 9.17) is 4.74 Å². The van der Waals surface area contributed by atoms with Gasteiger partial charge in [0.15, 0.2) is 6.10 Å². The van der Waals surface area contributed by atoms with Crippen LogP contribution in [0.5, 0.6) is 5.75 Å². The number of amides is 1. The second-order valence-corrected chi connectivity index (χ2v) is 8.57. The van der Waals surface area contributed by atoms with Crippen LogP contribution in [0.15, 0.2) is 36.4 Å². The van der Waals surface area contributed by atoms with Gasteiger partial charge < -0.3 is 10.1 Å². The van der Waals surface area contributed by atoms with Gasteiger partial charge in [-0.15, -0.1) is 0 Å². The number of aryl methyl sites for hydroxylation is 2. The molecule has 0 spiro atoms. The van der Waals surface area contributed by atoms with Crippen molar-refractivity contribution in [2.24, 2.45) is 0 Å². The number of hydrogen-bond donors (Lipinski definition) is 1. The monoisotopic (exact) mass is 367 g/mol. The third-order valence-electron chi connectivity index (χ3n) is 5.07. The van der Waals surface area contributed by atoms with Crippen LogP contribution in [-0.2, 0) is 10.2 Å². The number of hydrogen-bond acceptors (Lipinski definition) is 2. The fourth-order valence-corrected chi connectivity index (χ4v) is 3.05. The van der Waals surface area contributed by atoms with Crippen molar-refractivity contribution in [3.63, 3.8) is 0 Å². The molecule has 0 saturated heterocycles. The lowest BCUT2D eigenvalue weighted by Gasteiger charge is -2.22. The summed E-state index contributed by atoms with van der Waals surface area (Å²) in [6.45, 7) is 16.5. The van der Waals surface area contributed by atoms with Crippen molar-refractivity contribution >= 4 is 5.91 Å². The molecule has 27 heavy (non-hydrogen) atoms. The average molecular weight is 368 g/mol. The molecule has 1 amide bonds. The fraction of sp³-hybridized carbons (Fsp3) is 0.458. The van der Waals surface area contributed by atoms with E-state index in [1.54, 1.807) is 6.92 Å². The smallest absolute Gasteiger partial charge is 0.261 e. The second kappa shape index (κ2) is 8.16. The number of carbonyl (C=O) groups excluding carboxylic acids is 1. The van der Waals surface area contributed by atoms with Gasteiger partial charge in [-0.2, -0.15) is 0 Å². The van der Waals surface area contributed by atoms with Gasteiger partial charge in [-0.05, 0) is 73.9 Å². The molecule has 2 aromatic rings. The van der Waals surface area contributed by atoms with Crippen LogP contribution in [0.4, 0.5) is 0 Å². The quantitative estimate of drug-likeness (QED) is 0.752. The Balaban J connectivity index is 2.03. The Morgan fingerprint density at radius 1 is 1.00 bits per heavy atom. The number of rotatable bonds is 5. The summed E-state index contributed by atoms with van der Waals surface area (Å²) in [6, 6.07) is 12.5. The van der Waals surface area contributed by atoms with E-state index >= 15 is 0 Å². The molecule has 146 valence electrons. The van der Waals surface area contributed by atoms with Crippen molar-refractivity contribution in [1.82, 2.24) is 5.32 Å². The molecule has 3 nitrogen and oxygen atoms in total. The zero-order chi connectivity index (χ0) is 20.4. The predicted octanol–water partition coefficient (Wildman–Crippen LogP) is 5.55. The first kappa shape index (κ1) is 21.0.